The molecule has 2 aromatic rings. The van der Waals surface area contributed by atoms with Crippen LogP contribution in [0.3, 0.4) is 0 Å². The average Bonchev–Trinajstić information content (AvgIpc) is 3.27. The normalized spacial score (nSPS) is 16.6. The number of aromatic nitrogens is 2. The van der Waals surface area contributed by atoms with Crippen LogP contribution >= 0.6 is 0 Å². The molecule has 0 unspecified atom stereocenters. The van der Waals surface area contributed by atoms with Crippen molar-refractivity contribution in [3.63, 3.8) is 0 Å². The number of nitrogens with two attached hydrogens (primary N) is 1. The zero-order chi connectivity index (χ0) is 24.9. The summed E-state index contributed by atoms with van der Waals surface area (Å²) in [6, 6.07) is 3.77. The number of rotatable bonds is 9. The molecular weight excluding hydrogens is 428 g/mol. The summed E-state index contributed by atoms with van der Waals surface area (Å²) in [6.45, 7) is 15.6. The fourth-order valence-electron chi connectivity index (χ4n) is 3.70. The molecule has 5 N–H and O–H groups in total. The maximum Gasteiger partial charge on any atom is 0.223 e. The minimum atomic E-state index is -0.0206. The Hall–Kier alpha value is -3.55. The second-order valence-corrected chi connectivity index (χ2v) is 9.57. The minimum absolute atomic E-state index is 0.00816. The number of amides is 1. The number of aliphatic imine (C=N–C) groups is 1. The summed E-state index contributed by atoms with van der Waals surface area (Å²) in [7, 11) is 1.67. The topological polar surface area (TPSA) is 117 Å². The number of nitrogens with zero attached hydrogens (tertiary/aromatic N) is 2. The summed E-state index contributed by atoms with van der Waals surface area (Å²) >= 11 is 0. The number of fused-ring (bicyclic) bond motifs is 1. The van der Waals surface area contributed by atoms with Crippen molar-refractivity contribution in [1.29, 1.82) is 0 Å². The van der Waals surface area contributed by atoms with Gasteiger partial charge in [0.05, 0.1) is 11.7 Å². The van der Waals surface area contributed by atoms with Gasteiger partial charge in [-0.2, -0.15) is 5.10 Å². The highest BCUT2D eigenvalue weighted by Gasteiger charge is 2.22. The lowest BCUT2D eigenvalue weighted by atomic mass is 9.86. The van der Waals surface area contributed by atoms with Gasteiger partial charge in [-0.25, -0.2) is 4.99 Å². The van der Waals surface area contributed by atoms with E-state index in [1.807, 2.05) is 18.2 Å². The van der Waals surface area contributed by atoms with E-state index in [0.717, 1.165) is 35.0 Å². The van der Waals surface area contributed by atoms with Gasteiger partial charge >= 0.3 is 0 Å². The smallest absolute Gasteiger partial charge is 0.223 e. The lowest BCUT2D eigenvalue weighted by Gasteiger charge is -2.23. The number of ether oxygens (including phenoxy) is 1. The highest BCUT2D eigenvalue weighted by Crippen LogP contribution is 2.34. The number of amidine groups is 1. The highest BCUT2D eigenvalue weighted by atomic mass is 16.5. The summed E-state index contributed by atoms with van der Waals surface area (Å²) in [4.78, 5) is 16.6. The van der Waals surface area contributed by atoms with Crippen molar-refractivity contribution in [2.45, 2.75) is 40.0 Å². The largest absolute Gasteiger partial charge is 0.489 e. The van der Waals surface area contributed by atoms with Crippen LogP contribution in [0.5, 0.6) is 5.75 Å². The summed E-state index contributed by atoms with van der Waals surface area (Å²) in [5, 5.41) is 14.0. The molecule has 182 valence electrons. The van der Waals surface area contributed by atoms with Gasteiger partial charge in [0.25, 0.3) is 0 Å². The number of carbonyl (C=O) groups excluding carboxylic acids is 1. The number of aromatic amines is 1. The Morgan fingerprint density at radius 1 is 1.35 bits per heavy atom. The Balaban J connectivity index is 1.74. The predicted octanol–water partition coefficient (Wildman–Crippen LogP) is 4.11. The molecule has 1 heterocycles. The van der Waals surface area contributed by atoms with Crippen molar-refractivity contribution < 1.29 is 9.53 Å². The van der Waals surface area contributed by atoms with Gasteiger partial charge in [0.15, 0.2) is 0 Å². The molecule has 0 saturated heterocycles. The first kappa shape index (κ1) is 25.1. The molecule has 0 fully saturated rings. The fraction of sp³-hybridized carbons (Fsp3) is 0.423. The van der Waals surface area contributed by atoms with Gasteiger partial charge in [-0.15, -0.1) is 0 Å². The van der Waals surface area contributed by atoms with E-state index < -0.39 is 0 Å². The SMILES string of the molecule is C=C(C1=CC[C@@H](C(=O)NC)CC1)C(N)=Nc1cc2cn[nH]c2cc1OCCNC(=C)C(C)(C)C. The minimum Gasteiger partial charge on any atom is -0.489 e. The monoisotopic (exact) mass is 464 g/mol. The van der Waals surface area contributed by atoms with Gasteiger partial charge in [0.2, 0.25) is 5.91 Å². The van der Waals surface area contributed by atoms with Gasteiger partial charge in [-0.05, 0) is 30.9 Å². The second kappa shape index (κ2) is 10.6. The second-order valence-electron chi connectivity index (χ2n) is 9.57. The fourth-order valence-corrected chi connectivity index (χ4v) is 3.70. The van der Waals surface area contributed by atoms with E-state index in [1.54, 1.807) is 13.2 Å². The maximum absolute atomic E-state index is 11.9. The van der Waals surface area contributed by atoms with Gasteiger partial charge in [-0.1, -0.05) is 40.0 Å². The van der Waals surface area contributed by atoms with Crippen LogP contribution in [0.1, 0.15) is 40.0 Å². The van der Waals surface area contributed by atoms with Crippen LogP contribution in [-0.2, 0) is 4.79 Å². The average molecular weight is 465 g/mol. The molecule has 1 aliphatic rings. The first-order valence-electron chi connectivity index (χ1n) is 11.6. The summed E-state index contributed by atoms with van der Waals surface area (Å²) in [6.07, 6.45) is 5.95. The van der Waals surface area contributed by atoms with Crippen LogP contribution < -0.4 is 21.1 Å². The predicted molar refractivity (Wildman–Crippen MR) is 138 cm³/mol. The summed E-state index contributed by atoms with van der Waals surface area (Å²) in [5.74, 6) is 0.994. The van der Waals surface area contributed by atoms with Crippen LogP contribution in [0.2, 0.25) is 0 Å². The van der Waals surface area contributed by atoms with Crippen molar-refractivity contribution in [3.8, 4) is 5.75 Å². The Morgan fingerprint density at radius 3 is 2.76 bits per heavy atom. The lowest BCUT2D eigenvalue weighted by Crippen LogP contribution is -2.29. The van der Waals surface area contributed by atoms with Crippen LogP contribution in [0.4, 0.5) is 5.69 Å². The van der Waals surface area contributed by atoms with Crippen molar-refractivity contribution in [2.24, 2.45) is 22.1 Å². The van der Waals surface area contributed by atoms with E-state index in [-0.39, 0.29) is 17.2 Å². The number of nitrogens with one attached hydrogen (secondary N) is 3. The van der Waals surface area contributed by atoms with Gasteiger partial charge < -0.3 is 21.1 Å². The molecule has 1 amide bonds. The van der Waals surface area contributed by atoms with Crippen molar-refractivity contribution in [2.75, 3.05) is 20.2 Å². The van der Waals surface area contributed by atoms with Gasteiger partial charge in [0, 0.05) is 47.6 Å². The third kappa shape index (κ3) is 6.07. The molecule has 0 saturated carbocycles. The van der Waals surface area contributed by atoms with Crippen molar-refractivity contribution >= 4 is 28.3 Å². The Kier molecular flexibility index (Phi) is 7.81. The third-order valence-electron chi connectivity index (χ3n) is 6.09. The first-order valence-corrected chi connectivity index (χ1v) is 11.6. The molecule has 3 rings (SSSR count). The number of benzene rings is 1. The molecule has 8 nitrogen and oxygen atoms in total. The highest BCUT2D eigenvalue weighted by molar-refractivity contribution is 6.02. The first-order chi connectivity index (χ1) is 16.1. The number of allylic oxidation sites excluding steroid dienone is 2. The standard InChI is InChI=1S/C26H36N6O2/c1-16(18-7-9-19(10-8-18)25(33)28-6)24(27)31-22-13-20-15-30-32-21(20)14-23(22)34-12-11-29-17(2)26(3,4)5/h7,13-15,19,29H,1-2,8-12H2,3-6H3,(H2,27,31)(H,28,33)(H,30,32)/t19-/m1/s1. The van der Waals surface area contributed by atoms with Gasteiger partial charge in [-0.3, -0.25) is 9.89 Å². The molecule has 1 aliphatic carbocycles. The Labute approximate surface area is 201 Å². The maximum atomic E-state index is 11.9. The number of carbonyl (C=O) groups is 1. The van der Waals surface area contributed by atoms with Gasteiger partial charge in [0.1, 0.15) is 23.9 Å². The Morgan fingerprint density at radius 2 is 2.12 bits per heavy atom. The van der Waals surface area contributed by atoms with Crippen LogP contribution in [0.25, 0.3) is 10.9 Å². The summed E-state index contributed by atoms with van der Waals surface area (Å²) in [5.41, 5.74) is 10.5. The molecule has 8 heteroatoms. The van der Waals surface area contributed by atoms with Crippen LogP contribution in [0, 0.1) is 11.3 Å². The van der Waals surface area contributed by atoms with E-state index in [1.165, 1.54) is 0 Å². The molecule has 0 bridgehead atoms. The van der Waals surface area contributed by atoms with Crippen LogP contribution in [-0.4, -0.2) is 42.1 Å². The van der Waals surface area contributed by atoms with Crippen LogP contribution in [0.15, 0.2) is 59.4 Å². The number of hydrogen-bond acceptors (Lipinski definition) is 5. The summed E-state index contributed by atoms with van der Waals surface area (Å²) < 4.78 is 6.05. The zero-order valence-electron chi connectivity index (χ0n) is 20.6. The molecule has 0 aliphatic heterocycles. The van der Waals surface area contributed by atoms with Crippen molar-refractivity contribution in [3.05, 3.63) is 54.4 Å². The van der Waals surface area contributed by atoms with E-state index in [9.17, 15) is 4.79 Å². The zero-order valence-corrected chi connectivity index (χ0v) is 20.6. The van der Waals surface area contributed by atoms with E-state index in [2.05, 4.69) is 59.8 Å². The van der Waals surface area contributed by atoms with E-state index in [4.69, 9.17) is 10.5 Å². The molecule has 0 spiro atoms. The number of hydrogen-bond donors (Lipinski definition) is 4. The molecule has 1 aromatic carbocycles. The molecular formula is C26H36N6O2. The lowest BCUT2D eigenvalue weighted by molar-refractivity contribution is -0.124. The number of H-pyrrole nitrogens is 1. The molecule has 34 heavy (non-hydrogen) atoms. The quantitative estimate of drug-likeness (QED) is 0.253. The van der Waals surface area contributed by atoms with E-state index >= 15 is 0 Å². The third-order valence-corrected chi connectivity index (χ3v) is 6.09. The molecule has 1 atom stereocenters. The van der Waals surface area contributed by atoms with E-state index in [0.29, 0.717) is 42.4 Å². The van der Waals surface area contributed by atoms with Crippen molar-refractivity contribution in [1.82, 2.24) is 20.8 Å². The molecule has 1 aromatic heterocycles. The molecule has 0 radical (unpaired) electrons. The Bertz CT molecular complexity index is 1140.